The maximum absolute atomic E-state index is 13.6. The summed E-state index contributed by atoms with van der Waals surface area (Å²) in [7, 11) is 0. The zero-order chi connectivity index (χ0) is 24.7. The average Bonchev–Trinajstić information content (AvgIpc) is 3.63. The molecule has 3 saturated heterocycles. The van der Waals surface area contributed by atoms with E-state index in [1.54, 1.807) is 24.3 Å². The maximum Gasteiger partial charge on any atom is 0.243 e. The summed E-state index contributed by atoms with van der Waals surface area (Å²) in [5, 5.41) is 7.31. The Bertz CT molecular complexity index is 1150. The first-order valence-corrected chi connectivity index (χ1v) is 13.1. The maximum atomic E-state index is 13.6. The molecule has 2 aromatic carbocycles. The van der Waals surface area contributed by atoms with Gasteiger partial charge < -0.3 is 15.5 Å². The predicted molar refractivity (Wildman–Crippen MR) is 136 cm³/mol. The van der Waals surface area contributed by atoms with Gasteiger partial charge in [-0.25, -0.2) is 4.39 Å². The van der Waals surface area contributed by atoms with Crippen molar-refractivity contribution in [3.05, 3.63) is 68.4 Å². The number of nitrogens with one attached hydrogen (secondary N) is 2. The molecule has 2 bridgehead atoms. The van der Waals surface area contributed by atoms with Crippen molar-refractivity contribution in [2.75, 3.05) is 19.6 Å². The molecule has 1 unspecified atom stereocenters. The molecule has 2 amide bonds. The lowest BCUT2D eigenvalue weighted by Crippen LogP contribution is -2.60. The molecule has 1 aliphatic carbocycles. The van der Waals surface area contributed by atoms with Gasteiger partial charge in [0.15, 0.2) is 0 Å². The van der Waals surface area contributed by atoms with Gasteiger partial charge in [0.05, 0.1) is 5.41 Å². The van der Waals surface area contributed by atoms with Gasteiger partial charge in [-0.2, -0.15) is 0 Å². The smallest absolute Gasteiger partial charge is 0.243 e. The first-order valence-electron chi connectivity index (χ1n) is 12.0. The van der Waals surface area contributed by atoms with E-state index in [9.17, 15) is 14.0 Å². The van der Waals surface area contributed by atoms with Gasteiger partial charge >= 0.3 is 0 Å². The number of nitrogens with zero attached hydrogens (tertiary/aromatic N) is 1. The van der Waals surface area contributed by atoms with E-state index in [1.165, 1.54) is 12.1 Å². The van der Waals surface area contributed by atoms with Crippen molar-refractivity contribution in [1.82, 2.24) is 15.5 Å². The van der Waals surface area contributed by atoms with Crippen LogP contribution in [0.3, 0.4) is 0 Å². The molecule has 0 radical (unpaired) electrons. The second-order valence-electron chi connectivity index (χ2n) is 9.93. The van der Waals surface area contributed by atoms with E-state index < -0.39 is 17.3 Å². The van der Waals surface area contributed by atoms with E-state index in [1.807, 2.05) is 0 Å². The molecule has 3 aliphatic heterocycles. The van der Waals surface area contributed by atoms with Crippen LogP contribution in [0.25, 0.3) is 0 Å². The second kappa shape index (κ2) is 9.89. The Hall–Kier alpha value is -1.86. The molecular formula is C26H27Cl3FN3O2. The SMILES string of the molecule is O=C(N[C@@H]1CN2CCC1CC2)C(Cc1ccc(F)cc1Cl)NC(=O)C1(c2ccc(Cl)cc2Cl)CC1. The Morgan fingerprint density at radius 1 is 1.06 bits per heavy atom. The van der Waals surface area contributed by atoms with Gasteiger partial charge in [0.2, 0.25) is 11.8 Å². The van der Waals surface area contributed by atoms with Crippen LogP contribution in [0.4, 0.5) is 4.39 Å². The van der Waals surface area contributed by atoms with Crippen LogP contribution < -0.4 is 10.6 Å². The number of halogens is 4. The molecular weight excluding hydrogens is 512 g/mol. The number of piperidine rings is 3. The zero-order valence-electron chi connectivity index (χ0n) is 19.1. The summed E-state index contributed by atoms with van der Waals surface area (Å²) < 4.78 is 13.6. The van der Waals surface area contributed by atoms with Crippen LogP contribution in [0.2, 0.25) is 15.1 Å². The number of carbonyl (C=O) groups is 2. The molecule has 2 N–H and O–H groups in total. The number of fused-ring (bicyclic) bond motifs is 3. The molecule has 0 aromatic heterocycles. The molecule has 1 saturated carbocycles. The van der Waals surface area contributed by atoms with E-state index in [2.05, 4.69) is 15.5 Å². The molecule has 4 aliphatic rings. The number of carbonyl (C=O) groups excluding carboxylic acids is 2. The first-order chi connectivity index (χ1) is 16.7. The molecule has 2 atom stereocenters. The van der Waals surface area contributed by atoms with Gasteiger partial charge in [0, 0.05) is 34.1 Å². The summed E-state index contributed by atoms with van der Waals surface area (Å²) in [6.45, 7) is 2.94. The minimum atomic E-state index is -0.857. The highest BCUT2D eigenvalue weighted by Crippen LogP contribution is 2.51. The lowest BCUT2D eigenvalue weighted by molar-refractivity contribution is -0.131. The molecule has 35 heavy (non-hydrogen) atoms. The summed E-state index contributed by atoms with van der Waals surface area (Å²) in [5.74, 6) is -0.521. The van der Waals surface area contributed by atoms with Gasteiger partial charge in [0.1, 0.15) is 11.9 Å². The Morgan fingerprint density at radius 3 is 2.40 bits per heavy atom. The van der Waals surface area contributed by atoms with Gasteiger partial charge in [-0.15, -0.1) is 0 Å². The Labute approximate surface area is 219 Å². The predicted octanol–water partition coefficient (Wildman–Crippen LogP) is 4.76. The van der Waals surface area contributed by atoms with Crippen LogP contribution in [0.15, 0.2) is 36.4 Å². The summed E-state index contributed by atoms with van der Waals surface area (Å²) in [6, 6.07) is 8.39. The van der Waals surface area contributed by atoms with Crippen molar-refractivity contribution in [3.63, 3.8) is 0 Å². The number of hydrogen-bond acceptors (Lipinski definition) is 3. The Kier molecular flexibility index (Phi) is 7.01. The third kappa shape index (κ3) is 5.17. The van der Waals surface area contributed by atoms with Crippen LogP contribution >= 0.6 is 34.8 Å². The third-order valence-corrected chi connectivity index (χ3v) is 8.58. The Morgan fingerprint density at radius 2 is 1.80 bits per heavy atom. The van der Waals surface area contributed by atoms with E-state index >= 15 is 0 Å². The first kappa shape index (κ1) is 24.8. The molecule has 9 heteroatoms. The molecule has 4 fully saturated rings. The van der Waals surface area contributed by atoms with Crippen LogP contribution in [-0.2, 0) is 21.4 Å². The number of amides is 2. The fourth-order valence-electron chi connectivity index (χ4n) is 5.45. The minimum absolute atomic E-state index is 0.0497. The largest absolute Gasteiger partial charge is 0.350 e. The van der Waals surface area contributed by atoms with Gasteiger partial charge in [-0.3, -0.25) is 9.59 Å². The summed E-state index contributed by atoms with van der Waals surface area (Å²) in [6.07, 6.45) is 3.53. The fourth-order valence-corrected chi connectivity index (χ4v) is 6.28. The number of hydrogen-bond donors (Lipinski definition) is 2. The lowest BCUT2D eigenvalue weighted by Gasteiger charge is -2.45. The van der Waals surface area contributed by atoms with Gasteiger partial charge in [-0.05, 0) is 80.1 Å². The highest BCUT2D eigenvalue weighted by atomic mass is 35.5. The fraction of sp³-hybridized carbons (Fsp3) is 0.462. The highest BCUT2D eigenvalue weighted by Gasteiger charge is 2.53. The number of benzene rings is 2. The molecule has 3 heterocycles. The molecule has 6 rings (SSSR count). The monoisotopic (exact) mass is 537 g/mol. The van der Waals surface area contributed by atoms with E-state index in [0.717, 1.165) is 32.5 Å². The summed E-state index contributed by atoms with van der Waals surface area (Å²) >= 11 is 18.7. The molecule has 5 nitrogen and oxygen atoms in total. The van der Waals surface area contributed by atoms with Crippen LogP contribution in [0.1, 0.15) is 36.8 Å². The highest BCUT2D eigenvalue weighted by molar-refractivity contribution is 6.35. The number of rotatable bonds is 7. The minimum Gasteiger partial charge on any atom is -0.350 e. The van der Waals surface area contributed by atoms with Crippen molar-refractivity contribution in [2.24, 2.45) is 5.92 Å². The summed E-state index contributed by atoms with van der Waals surface area (Å²) in [5.41, 5.74) is 0.511. The van der Waals surface area contributed by atoms with Crippen LogP contribution in [0, 0.1) is 11.7 Å². The quantitative estimate of drug-likeness (QED) is 0.535. The topological polar surface area (TPSA) is 61.4 Å². The van der Waals surface area contributed by atoms with Crippen molar-refractivity contribution in [2.45, 2.75) is 49.6 Å². The van der Waals surface area contributed by atoms with Crippen molar-refractivity contribution in [1.29, 1.82) is 0 Å². The van der Waals surface area contributed by atoms with Crippen molar-refractivity contribution in [3.8, 4) is 0 Å². The summed E-state index contributed by atoms with van der Waals surface area (Å²) in [4.78, 5) is 29.4. The zero-order valence-corrected chi connectivity index (χ0v) is 21.4. The lowest BCUT2D eigenvalue weighted by atomic mass is 9.84. The van der Waals surface area contributed by atoms with E-state index in [-0.39, 0.29) is 29.3 Å². The van der Waals surface area contributed by atoms with E-state index in [4.69, 9.17) is 34.8 Å². The van der Waals surface area contributed by atoms with Gasteiger partial charge in [0.25, 0.3) is 0 Å². The Balaban J connectivity index is 1.37. The van der Waals surface area contributed by atoms with Crippen LogP contribution in [-0.4, -0.2) is 48.4 Å². The van der Waals surface area contributed by atoms with Crippen molar-refractivity contribution >= 4 is 46.6 Å². The standard InChI is InChI=1S/C26H27Cl3FN3O2/c27-17-2-4-19(21(29)12-17)26(7-8-26)25(35)32-22(11-16-1-3-18(30)13-20(16)28)24(34)31-23-14-33-9-5-15(23)6-10-33/h1-4,12-13,15,22-23H,5-11,14H2,(H,31,34)(H,32,35)/t22?,23-/m1/s1. The third-order valence-electron chi connectivity index (χ3n) is 7.68. The normalized spacial score (nSPS) is 25.1. The molecule has 0 spiro atoms. The van der Waals surface area contributed by atoms with Crippen molar-refractivity contribution < 1.29 is 14.0 Å². The molecule has 2 aromatic rings. The van der Waals surface area contributed by atoms with Crippen LogP contribution in [0.5, 0.6) is 0 Å². The second-order valence-corrected chi connectivity index (χ2v) is 11.2. The molecule has 186 valence electrons. The van der Waals surface area contributed by atoms with E-state index in [0.29, 0.717) is 39.9 Å². The average molecular weight is 539 g/mol. The van der Waals surface area contributed by atoms with Gasteiger partial charge in [-0.1, -0.05) is 46.9 Å².